The highest BCUT2D eigenvalue weighted by Crippen LogP contribution is 2.36. The van der Waals surface area contributed by atoms with E-state index >= 15 is 0 Å². The third kappa shape index (κ3) is 2.60. The molecular formula is C11H15N5OS. The Hall–Kier alpha value is -1.26. The van der Waals surface area contributed by atoms with Crippen molar-refractivity contribution >= 4 is 11.8 Å². The van der Waals surface area contributed by atoms with Gasteiger partial charge in [0.1, 0.15) is 6.04 Å². The first-order chi connectivity index (χ1) is 8.78. The lowest BCUT2D eigenvalue weighted by atomic mass is 10.4. The van der Waals surface area contributed by atoms with Crippen molar-refractivity contribution in [2.45, 2.75) is 49.0 Å². The fraction of sp³-hybridized carbons (Fsp3) is 0.727. The van der Waals surface area contributed by atoms with Gasteiger partial charge in [-0.3, -0.25) is 9.88 Å². The number of thioether (sulfide) groups is 1. The van der Waals surface area contributed by atoms with Gasteiger partial charge in [0, 0.05) is 17.8 Å². The van der Waals surface area contributed by atoms with Crippen LogP contribution < -0.4 is 11.0 Å². The summed E-state index contributed by atoms with van der Waals surface area (Å²) in [6, 6.07) is 2.92. The second kappa shape index (κ2) is 4.78. The van der Waals surface area contributed by atoms with Gasteiger partial charge in [-0.15, -0.1) is 5.10 Å². The molecule has 1 unspecified atom stereocenters. The van der Waals surface area contributed by atoms with Crippen LogP contribution in [0.4, 0.5) is 0 Å². The molecule has 7 heteroatoms. The Morgan fingerprint density at radius 1 is 1.56 bits per heavy atom. The Labute approximate surface area is 109 Å². The maximum absolute atomic E-state index is 11.6. The summed E-state index contributed by atoms with van der Waals surface area (Å²) in [5, 5.41) is 19.6. The van der Waals surface area contributed by atoms with Gasteiger partial charge in [-0.25, -0.2) is 9.89 Å². The quantitative estimate of drug-likeness (QED) is 0.737. The van der Waals surface area contributed by atoms with Gasteiger partial charge in [0.15, 0.2) is 5.16 Å². The molecule has 0 radical (unpaired) electrons. The van der Waals surface area contributed by atoms with Gasteiger partial charge in [-0.05, 0) is 25.7 Å². The molecule has 0 amide bonds. The first-order valence-corrected chi connectivity index (χ1v) is 7.22. The molecule has 1 heterocycles. The summed E-state index contributed by atoms with van der Waals surface area (Å²) >= 11 is 1.47. The second-order valence-electron chi connectivity index (χ2n) is 4.85. The van der Waals surface area contributed by atoms with Crippen LogP contribution in [-0.4, -0.2) is 32.6 Å². The molecule has 0 saturated heterocycles. The number of H-pyrrole nitrogens is 1. The molecule has 2 aliphatic carbocycles. The lowest BCUT2D eigenvalue weighted by Gasteiger charge is -2.09. The van der Waals surface area contributed by atoms with Crippen molar-refractivity contribution in [1.29, 1.82) is 5.26 Å². The van der Waals surface area contributed by atoms with Crippen molar-refractivity contribution in [2.24, 2.45) is 0 Å². The molecule has 96 valence electrons. The molecule has 0 bridgehead atoms. The predicted molar refractivity (Wildman–Crippen MR) is 67.4 cm³/mol. The van der Waals surface area contributed by atoms with E-state index in [9.17, 15) is 4.79 Å². The second-order valence-corrected chi connectivity index (χ2v) is 5.83. The summed E-state index contributed by atoms with van der Waals surface area (Å²) < 4.78 is 1.72. The van der Waals surface area contributed by atoms with E-state index in [1.54, 1.807) is 4.57 Å². The van der Waals surface area contributed by atoms with E-state index < -0.39 is 0 Å². The van der Waals surface area contributed by atoms with Crippen molar-refractivity contribution in [3.63, 3.8) is 0 Å². The van der Waals surface area contributed by atoms with Gasteiger partial charge >= 0.3 is 5.69 Å². The summed E-state index contributed by atoms with van der Waals surface area (Å²) in [6.07, 6.45) is 4.43. The van der Waals surface area contributed by atoms with Gasteiger partial charge < -0.3 is 0 Å². The molecule has 2 aliphatic rings. The normalized spacial score (nSPS) is 20.6. The number of nitrogens with one attached hydrogen (secondary N) is 2. The topological polar surface area (TPSA) is 86.5 Å². The first-order valence-electron chi connectivity index (χ1n) is 6.23. The molecule has 1 atom stereocenters. The molecule has 1 aromatic rings. The third-order valence-electron chi connectivity index (χ3n) is 3.13. The van der Waals surface area contributed by atoms with Crippen LogP contribution in [0.5, 0.6) is 0 Å². The minimum Gasteiger partial charge on any atom is -0.298 e. The van der Waals surface area contributed by atoms with Crippen LogP contribution in [0, 0.1) is 11.3 Å². The Morgan fingerprint density at radius 2 is 2.33 bits per heavy atom. The largest absolute Gasteiger partial charge is 0.344 e. The summed E-state index contributed by atoms with van der Waals surface area (Å²) in [5.74, 6) is 0.629. The van der Waals surface area contributed by atoms with E-state index in [4.69, 9.17) is 5.26 Å². The number of hydrogen-bond donors (Lipinski definition) is 2. The van der Waals surface area contributed by atoms with Gasteiger partial charge in [0.05, 0.1) is 6.07 Å². The van der Waals surface area contributed by atoms with Gasteiger partial charge in [0.2, 0.25) is 0 Å². The third-order valence-corrected chi connectivity index (χ3v) is 4.18. The molecule has 3 rings (SSSR count). The smallest absolute Gasteiger partial charge is 0.298 e. The summed E-state index contributed by atoms with van der Waals surface area (Å²) in [7, 11) is 0. The number of nitrogens with zero attached hydrogens (tertiary/aromatic N) is 3. The van der Waals surface area contributed by atoms with Crippen molar-refractivity contribution in [2.75, 3.05) is 5.75 Å². The molecule has 2 N–H and O–H groups in total. The molecule has 2 fully saturated rings. The SMILES string of the molecule is N#CC(CSc1n[nH]c(=O)n1C1CC1)NC1CC1. The molecule has 0 aromatic carbocycles. The van der Waals surface area contributed by atoms with Crippen LogP contribution >= 0.6 is 11.8 Å². The fourth-order valence-corrected chi connectivity index (χ4v) is 2.83. The van der Waals surface area contributed by atoms with Crippen LogP contribution in [-0.2, 0) is 0 Å². The minimum atomic E-state index is -0.165. The van der Waals surface area contributed by atoms with Gasteiger partial charge in [-0.2, -0.15) is 5.26 Å². The lowest BCUT2D eigenvalue weighted by molar-refractivity contribution is 0.630. The molecule has 1 aromatic heterocycles. The van der Waals surface area contributed by atoms with Gasteiger partial charge in [-0.1, -0.05) is 11.8 Å². The van der Waals surface area contributed by atoms with E-state index in [0.29, 0.717) is 23.0 Å². The number of hydrogen-bond acceptors (Lipinski definition) is 5. The minimum absolute atomic E-state index is 0.136. The molecule has 2 saturated carbocycles. The maximum atomic E-state index is 11.6. The Balaban J connectivity index is 1.61. The monoisotopic (exact) mass is 265 g/mol. The molecule has 6 nitrogen and oxygen atoms in total. The fourth-order valence-electron chi connectivity index (χ4n) is 1.86. The maximum Gasteiger partial charge on any atom is 0.344 e. The van der Waals surface area contributed by atoms with Crippen LogP contribution in [0.25, 0.3) is 0 Å². The summed E-state index contributed by atoms with van der Waals surface area (Å²) in [5.41, 5.74) is -0.136. The number of aromatic amines is 1. The molecule has 0 spiro atoms. The highest BCUT2D eigenvalue weighted by atomic mass is 32.2. The highest BCUT2D eigenvalue weighted by Gasteiger charge is 2.29. The van der Waals surface area contributed by atoms with Crippen LogP contribution in [0.3, 0.4) is 0 Å². The van der Waals surface area contributed by atoms with E-state index in [1.165, 1.54) is 11.8 Å². The zero-order chi connectivity index (χ0) is 12.5. The van der Waals surface area contributed by atoms with E-state index in [-0.39, 0.29) is 11.7 Å². The van der Waals surface area contributed by atoms with Gasteiger partial charge in [0.25, 0.3) is 0 Å². The first kappa shape index (κ1) is 11.8. The van der Waals surface area contributed by atoms with Crippen molar-refractivity contribution in [1.82, 2.24) is 20.1 Å². The molecule has 18 heavy (non-hydrogen) atoms. The average molecular weight is 265 g/mol. The zero-order valence-electron chi connectivity index (χ0n) is 9.93. The Morgan fingerprint density at radius 3 is 2.94 bits per heavy atom. The predicted octanol–water partition coefficient (Wildman–Crippen LogP) is 0.643. The highest BCUT2D eigenvalue weighted by molar-refractivity contribution is 7.99. The van der Waals surface area contributed by atoms with Crippen LogP contribution in [0.2, 0.25) is 0 Å². The number of nitriles is 1. The Kier molecular flexibility index (Phi) is 3.14. The van der Waals surface area contributed by atoms with E-state index in [1.807, 2.05) is 0 Å². The average Bonchev–Trinajstić information content (AvgIpc) is 3.27. The van der Waals surface area contributed by atoms with E-state index in [0.717, 1.165) is 25.7 Å². The standard InChI is InChI=1S/C11H15N5OS/c12-5-8(13-7-1-2-7)6-18-11-15-14-10(17)16(11)9-3-4-9/h7-9,13H,1-4,6H2,(H,14,17). The molecule has 0 aliphatic heterocycles. The van der Waals surface area contributed by atoms with Crippen LogP contribution in [0.1, 0.15) is 31.7 Å². The number of rotatable bonds is 6. The lowest BCUT2D eigenvalue weighted by Crippen LogP contribution is -2.31. The van der Waals surface area contributed by atoms with E-state index in [2.05, 4.69) is 21.6 Å². The van der Waals surface area contributed by atoms with Crippen LogP contribution in [0.15, 0.2) is 9.95 Å². The Bertz CT molecular complexity index is 522. The van der Waals surface area contributed by atoms with Crippen molar-refractivity contribution in [3.05, 3.63) is 10.5 Å². The molecular weight excluding hydrogens is 250 g/mol. The van der Waals surface area contributed by atoms with Crippen molar-refractivity contribution < 1.29 is 0 Å². The zero-order valence-corrected chi connectivity index (χ0v) is 10.7. The summed E-state index contributed by atoms with van der Waals surface area (Å²) in [4.78, 5) is 11.6. The van der Waals surface area contributed by atoms with Crippen molar-refractivity contribution in [3.8, 4) is 6.07 Å². The summed E-state index contributed by atoms with van der Waals surface area (Å²) in [6.45, 7) is 0. The number of aromatic nitrogens is 3.